The van der Waals surface area contributed by atoms with Gasteiger partial charge in [-0.3, -0.25) is 4.79 Å². The number of rotatable bonds is 4. The van der Waals surface area contributed by atoms with E-state index < -0.39 is 0 Å². The number of hydrogen-bond donors (Lipinski definition) is 0. The maximum Gasteiger partial charge on any atom is 0.245 e. The molecule has 0 radical (unpaired) electrons. The molecule has 0 aromatic heterocycles. The smallest absolute Gasteiger partial charge is 0.245 e. The summed E-state index contributed by atoms with van der Waals surface area (Å²) in [5, 5.41) is 0. The predicted molar refractivity (Wildman–Crippen MR) is 79.2 cm³/mol. The SMILES string of the molecule is C=CC(=O)N(C)Cc1ccc(N2CCCCC2)cc1. The quantitative estimate of drug-likeness (QED) is 0.775. The fraction of sp³-hybridized carbons (Fsp3) is 0.438. The number of carbonyl (C=O) groups excluding carboxylic acids is 1. The molecule has 0 spiro atoms. The molecular weight excluding hydrogens is 236 g/mol. The van der Waals surface area contributed by atoms with E-state index in [4.69, 9.17) is 0 Å². The van der Waals surface area contributed by atoms with Crippen molar-refractivity contribution in [1.82, 2.24) is 4.90 Å². The number of anilines is 1. The standard InChI is InChI=1S/C16H22N2O/c1-3-16(19)17(2)13-14-7-9-15(10-8-14)18-11-5-4-6-12-18/h3,7-10H,1,4-6,11-13H2,2H3. The van der Waals surface area contributed by atoms with Gasteiger partial charge in [0.1, 0.15) is 0 Å². The predicted octanol–water partition coefficient (Wildman–Crippen LogP) is 2.82. The lowest BCUT2D eigenvalue weighted by molar-refractivity contribution is -0.125. The normalized spacial score (nSPS) is 15.1. The lowest BCUT2D eigenvalue weighted by Gasteiger charge is -2.29. The van der Waals surface area contributed by atoms with Crippen LogP contribution < -0.4 is 4.90 Å². The molecule has 1 aromatic carbocycles. The van der Waals surface area contributed by atoms with Gasteiger partial charge in [0, 0.05) is 32.4 Å². The third kappa shape index (κ3) is 3.60. The van der Waals surface area contributed by atoms with E-state index in [1.165, 1.54) is 31.0 Å². The van der Waals surface area contributed by atoms with Crippen LogP contribution in [0.4, 0.5) is 5.69 Å². The zero-order valence-corrected chi connectivity index (χ0v) is 11.6. The summed E-state index contributed by atoms with van der Waals surface area (Å²) in [6.45, 7) is 6.45. The molecule has 1 aliphatic heterocycles. The number of likely N-dealkylation sites (N-methyl/N-ethyl adjacent to an activating group) is 1. The Balaban J connectivity index is 1.97. The van der Waals surface area contributed by atoms with E-state index in [0.717, 1.165) is 18.7 Å². The monoisotopic (exact) mass is 258 g/mol. The van der Waals surface area contributed by atoms with Gasteiger partial charge in [-0.05, 0) is 43.0 Å². The van der Waals surface area contributed by atoms with E-state index >= 15 is 0 Å². The van der Waals surface area contributed by atoms with E-state index in [1.54, 1.807) is 11.9 Å². The average Bonchev–Trinajstić information content (AvgIpc) is 2.48. The van der Waals surface area contributed by atoms with Gasteiger partial charge in [-0.15, -0.1) is 0 Å². The van der Waals surface area contributed by atoms with Gasteiger partial charge >= 0.3 is 0 Å². The number of hydrogen-bond acceptors (Lipinski definition) is 2. The minimum atomic E-state index is -0.0416. The van der Waals surface area contributed by atoms with Crippen LogP contribution in [-0.2, 0) is 11.3 Å². The molecule has 3 heteroatoms. The van der Waals surface area contributed by atoms with Gasteiger partial charge in [0.2, 0.25) is 5.91 Å². The van der Waals surface area contributed by atoms with Crippen LogP contribution in [0.3, 0.4) is 0 Å². The third-order valence-corrected chi connectivity index (χ3v) is 3.63. The largest absolute Gasteiger partial charge is 0.372 e. The van der Waals surface area contributed by atoms with E-state index in [0.29, 0.717) is 6.54 Å². The van der Waals surface area contributed by atoms with Crippen LogP contribution in [0.1, 0.15) is 24.8 Å². The van der Waals surface area contributed by atoms with Crippen molar-refractivity contribution in [1.29, 1.82) is 0 Å². The van der Waals surface area contributed by atoms with Crippen LogP contribution in [0.2, 0.25) is 0 Å². The van der Waals surface area contributed by atoms with Crippen molar-refractivity contribution in [2.45, 2.75) is 25.8 Å². The van der Waals surface area contributed by atoms with Gasteiger partial charge < -0.3 is 9.80 Å². The summed E-state index contributed by atoms with van der Waals surface area (Å²) in [5.41, 5.74) is 2.44. The molecule has 1 amide bonds. The highest BCUT2D eigenvalue weighted by Gasteiger charge is 2.11. The van der Waals surface area contributed by atoms with Crippen molar-refractivity contribution in [3.8, 4) is 0 Å². The molecule has 3 nitrogen and oxygen atoms in total. The molecule has 1 aliphatic rings. The molecule has 0 atom stereocenters. The van der Waals surface area contributed by atoms with Crippen molar-refractivity contribution >= 4 is 11.6 Å². The molecule has 0 saturated carbocycles. The second-order valence-corrected chi connectivity index (χ2v) is 5.11. The molecule has 1 heterocycles. The van der Waals surface area contributed by atoms with Gasteiger partial charge in [0.25, 0.3) is 0 Å². The molecule has 19 heavy (non-hydrogen) atoms. The highest BCUT2D eigenvalue weighted by molar-refractivity contribution is 5.86. The number of amides is 1. The number of carbonyl (C=O) groups is 1. The molecular formula is C16H22N2O. The second kappa shape index (κ2) is 6.41. The lowest BCUT2D eigenvalue weighted by atomic mass is 10.1. The molecule has 0 N–H and O–H groups in total. The topological polar surface area (TPSA) is 23.6 Å². The van der Waals surface area contributed by atoms with Gasteiger partial charge in [-0.25, -0.2) is 0 Å². The van der Waals surface area contributed by atoms with Crippen molar-refractivity contribution < 1.29 is 4.79 Å². The Morgan fingerprint density at radius 2 is 1.89 bits per heavy atom. The minimum Gasteiger partial charge on any atom is -0.372 e. The number of benzene rings is 1. The van der Waals surface area contributed by atoms with Crippen molar-refractivity contribution in [2.24, 2.45) is 0 Å². The summed E-state index contributed by atoms with van der Waals surface area (Å²) in [6, 6.07) is 8.54. The summed E-state index contributed by atoms with van der Waals surface area (Å²) in [7, 11) is 1.79. The van der Waals surface area contributed by atoms with Crippen LogP contribution in [0.5, 0.6) is 0 Å². The van der Waals surface area contributed by atoms with Gasteiger partial charge in [-0.1, -0.05) is 18.7 Å². The molecule has 0 aliphatic carbocycles. The van der Waals surface area contributed by atoms with Gasteiger partial charge in [0.15, 0.2) is 0 Å². The first-order valence-corrected chi connectivity index (χ1v) is 6.92. The van der Waals surface area contributed by atoms with E-state index in [2.05, 4.69) is 35.7 Å². The van der Waals surface area contributed by atoms with E-state index in [-0.39, 0.29) is 5.91 Å². The molecule has 0 bridgehead atoms. The van der Waals surface area contributed by atoms with E-state index in [1.807, 2.05) is 0 Å². The first-order chi connectivity index (χ1) is 9.20. The lowest BCUT2D eigenvalue weighted by Crippen LogP contribution is -2.29. The highest BCUT2D eigenvalue weighted by atomic mass is 16.2. The Bertz CT molecular complexity index is 433. The van der Waals surface area contributed by atoms with Crippen molar-refractivity contribution in [3.05, 3.63) is 42.5 Å². The van der Waals surface area contributed by atoms with Crippen LogP contribution in [-0.4, -0.2) is 30.9 Å². The van der Waals surface area contributed by atoms with Crippen LogP contribution in [0.25, 0.3) is 0 Å². The number of piperidine rings is 1. The summed E-state index contributed by atoms with van der Waals surface area (Å²) in [6.07, 6.45) is 5.28. The second-order valence-electron chi connectivity index (χ2n) is 5.11. The Hall–Kier alpha value is -1.77. The molecule has 1 fully saturated rings. The van der Waals surface area contributed by atoms with Crippen molar-refractivity contribution in [3.63, 3.8) is 0 Å². The molecule has 2 rings (SSSR count). The zero-order valence-electron chi connectivity index (χ0n) is 11.6. The van der Waals surface area contributed by atoms with Crippen LogP contribution in [0.15, 0.2) is 36.9 Å². The Kier molecular flexibility index (Phi) is 4.61. The summed E-state index contributed by atoms with van der Waals surface area (Å²) < 4.78 is 0. The number of nitrogens with zero attached hydrogens (tertiary/aromatic N) is 2. The molecule has 102 valence electrons. The minimum absolute atomic E-state index is 0.0416. The Morgan fingerprint density at radius 1 is 1.26 bits per heavy atom. The maximum absolute atomic E-state index is 11.4. The fourth-order valence-corrected chi connectivity index (χ4v) is 2.47. The van der Waals surface area contributed by atoms with Gasteiger partial charge in [0.05, 0.1) is 0 Å². The third-order valence-electron chi connectivity index (χ3n) is 3.63. The van der Waals surface area contributed by atoms with E-state index in [9.17, 15) is 4.79 Å². The zero-order chi connectivity index (χ0) is 13.7. The first-order valence-electron chi connectivity index (χ1n) is 6.92. The van der Waals surface area contributed by atoms with Crippen LogP contribution in [0, 0.1) is 0 Å². The van der Waals surface area contributed by atoms with Crippen molar-refractivity contribution in [2.75, 3.05) is 25.0 Å². The molecule has 0 unspecified atom stereocenters. The first kappa shape index (κ1) is 13.7. The molecule has 1 aromatic rings. The summed E-state index contributed by atoms with van der Waals surface area (Å²) in [5.74, 6) is -0.0416. The maximum atomic E-state index is 11.4. The summed E-state index contributed by atoms with van der Waals surface area (Å²) >= 11 is 0. The van der Waals surface area contributed by atoms with Gasteiger partial charge in [-0.2, -0.15) is 0 Å². The Labute approximate surface area is 115 Å². The fourth-order valence-electron chi connectivity index (χ4n) is 2.47. The highest BCUT2D eigenvalue weighted by Crippen LogP contribution is 2.20. The molecule has 1 saturated heterocycles. The Morgan fingerprint density at radius 3 is 2.47 bits per heavy atom. The van der Waals surface area contributed by atoms with Crippen LogP contribution >= 0.6 is 0 Å². The summed E-state index contributed by atoms with van der Waals surface area (Å²) in [4.78, 5) is 15.5. The average molecular weight is 258 g/mol.